The number of rotatable bonds is 3. The summed E-state index contributed by atoms with van der Waals surface area (Å²) < 4.78 is 0. The number of aldehydes is 1. The summed E-state index contributed by atoms with van der Waals surface area (Å²) in [6.07, 6.45) is 4.22. The van der Waals surface area contributed by atoms with E-state index in [0.717, 1.165) is 17.4 Å². The molecule has 1 nitrogen and oxygen atoms in total. The molecular formula is C11H10O. The van der Waals surface area contributed by atoms with Crippen LogP contribution in [0.3, 0.4) is 0 Å². The Kier molecular flexibility index (Phi) is 2.59. The van der Waals surface area contributed by atoms with Gasteiger partial charge in [-0.15, -0.1) is 0 Å². The zero-order valence-corrected chi connectivity index (χ0v) is 6.79. The number of carbonyl (C=O) groups excluding carboxylic acids is 1. The monoisotopic (exact) mass is 158 g/mol. The van der Waals surface area contributed by atoms with Gasteiger partial charge in [-0.05, 0) is 17.2 Å². The highest BCUT2D eigenvalue weighted by atomic mass is 16.1. The molecule has 0 aliphatic heterocycles. The van der Waals surface area contributed by atoms with Crippen LogP contribution in [0.15, 0.2) is 31.4 Å². The molecule has 0 amide bonds. The Morgan fingerprint density at radius 1 is 1.08 bits per heavy atom. The molecule has 12 heavy (non-hydrogen) atoms. The molecule has 0 atom stereocenters. The van der Waals surface area contributed by atoms with Crippen molar-refractivity contribution in [3.63, 3.8) is 0 Å². The van der Waals surface area contributed by atoms with E-state index >= 15 is 0 Å². The van der Waals surface area contributed by atoms with Crippen molar-refractivity contribution < 1.29 is 4.79 Å². The lowest BCUT2D eigenvalue weighted by molar-refractivity contribution is 0.112. The summed E-state index contributed by atoms with van der Waals surface area (Å²) in [5.41, 5.74) is 2.51. The van der Waals surface area contributed by atoms with Gasteiger partial charge in [-0.3, -0.25) is 4.79 Å². The minimum absolute atomic E-state index is 0.663. The fourth-order valence-corrected chi connectivity index (χ4v) is 1.00. The molecule has 0 aliphatic carbocycles. The maximum absolute atomic E-state index is 10.5. The molecule has 0 saturated heterocycles. The summed E-state index contributed by atoms with van der Waals surface area (Å²) in [4.78, 5) is 10.5. The average Bonchev–Trinajstić information content (AvgIpc) is 2.16. The molecule has 0 saturated carbocycles. The Morgan fingerprint density at radius 3 is 2.33 bits per heavy atom. The molecule has 1 aromatic carbocycles. The molecule has 0 bridgehead atoms. The molecule has 0 radical (unpaired) electrons. The summed E-state index contributed by atoms with van der Waals surface area (Å²) in [6, 6.07) is 5.49. The van der Waals surface area contributed by atoms with Crippen molar-refractivity contribution in [3.8, 4) is 0 Å². The molecule has 0 unspecified atom stereocenters. The average molecular weight is 158 g/mol. The molecular weight excluding hydrogens is 148 g/mol. The van der Waals surface area contributed by atoms with Crippen molar-refractivity contribution in [2.75, 3.05) is 0 Å². The lowest BCUT2D eigenvalue weighted by Crippen LogP contribution is -1.86. The van der Waals surface area contributed by atoms with Crippen LogP contribution >= 0.6 is 0 Å². The van der Waals surface area contributed by atoms with Crippen molar-refractivity contribution >= 4 is 18.4 Å². The van der Waals surface area contributed by atoms with Gasteiger partial charge >= 0.3 is 0 Å². The summed E-state index contributed by atoms with van der Waals surface area (Å²) in [7, 11) is 0. The Balaban J connectivity index is 3.27. The van der Waals surface area contributed by atoms with Crippen LogP contribution in [-0.2, 0) is 0 Å². The third-order valence-corrected chi connectivity index (χ3v) is 1.69. The van der Waals surface area contributed by atoms with Crippen LogP contribution in [0.4, 0.5) is 0 Å². The van der Waals surface area contributed by atoms with Gasteiger partial charge in [0.1, 0.15) is 0 Å². The van der Waals surface area contributed by atoms with Crippen LogP contribution in [-0.4, -0.2) is 6.29 Å². The van der Waals surface area contributed by atoms with E-state index in [-0.39, 0.29) is 0 Å². The van der Waals surface area contributed by atoms with Gasteiger partial charge in [-0.1, -0.05) is 37.4 Å². The molecule has 1 rings (SSSR count). The zero-order valence-electron chi connectivity index (χ0n) is 6.79. The van der Waals surface area contributed by atoms with Gasteiger partial charge in [0.15, 0.2) is 6.29 Å². The number of hydrogen-bond donors (Lipinski definition) is 0. The number of carbonyl (C=O) groups is 1. The SMILES string of the molecule is C=Cc1ccc(C=O)c(C=C)c1. The Morgan fingerprint density at radius 2 is 1.83 bits per heavy atom. The second-order valence-electron chi connectivity index (χ2n) is 2.41. The van der Waals surface area contributed by atoms with Crippen molar-refractivity contribution in [2.45, 2.75) is 0 Å². The predicted molar refractivity (Wildman–Crippen MR) is 52.0 cm³/mol. The maximum Gasteiger partial charge on any atom is 0.150 e. The largest absolute Gasteiger partial charge is 0.298 e. The molecule has 0 fully saturated rings. The Hall–Kier alpha value is -1.63. The van der Waals surface area contributed by atoms with E-state index in [0.29, 0.717) is 5.56 Å². The first kappa shape index (κ1) is 8.47. The molecule has 0 N–H and O–H groups in total. The van der Waals surface area contributed by atoms with Crippen LogP contribution in [0.1, 0.15) is 21.5 Å². The van der Waals surface area contributed by atoms with Gasteiger partial charge in [0.25, 0.3) is 0 Å². The summed E-state index contributed by atoms with van der Waals surface area (Å²) >= 11 is 0. The normalized spacial score (nSPS) is 9.00. The predicted octanol–water partition coefficient (Wildman–Crippen LogP) is 2.79. The van der Waals surface area contributed by atoms with E-state index in [9.17, 15) is 4.79 Å². The van der Waals surface area contributed by atoms with E-state index in [4.69, 9.17) is 0 Å². The quantitative estimate of drug-likeness (QED) is 0.618. The van der Waals surface area contributed by atoms with Gasteiger partial charge in [-0.2, -0.15) is 0 Å². The van der Waals surface area contributed by atoms with E-state index in [1.807, 2.05) is 12.1 Å². The highest BCUT2D eigenvalue weighted by Crippen LogP contribution is 2.12. The first-order valence-corrected chi connectivity index (χ1v) is 3.66. The van der Waals surface area contributed by atoms with E-state index < -0.39 is 0 Å². The smallest absolute Gasteiger partial charge is 0.150 e. The summed E-state index contributed by atoms with van der Waals surface area (Å²) in [5, 5.41) is 0. The van der Waals surface area contributed by atoms with Crippen LogP contribution in [0.25, 0.3) is 12.2 Å². The highest BCUT2D eigenvalue weighted by Gasteiger charge is 1.96. The highest BCUT2D eigenvalue weighted by molar-refractivity contribution is 5.82. The summed E-state index contributed by atoms with van der Waals surface area (Å²) in [5.74, 6) is 0. The standard InChI is InChI=1S/C11H10O/c1-3-9-5-6-11(8-12)10(4-2)7-9/h3-8H,1-2H2. The third-order valence-electron chi connectivity index (χ3n) is 1.69. The van der Waals surface area contributed by atoms with Gasteiger partial charge in [0.05, 0.1) is 0 Å². The van der Waals surface area contributed by atoms with Gasteiger partial charge in [-0.25, -0.2) is 0 Å². The second kappa shape index (κ2) is 3.67. The fourth-order valence-electron chi connectivity index (χ4n) is 1.00. The van der Waals surface area contributed by atoms with E-state index in [2.05, 4.69) is 13.2 Å². The molecule has 1 heteroatoms. The minimum atomic E-state index is 0.663. The van der Waals surface area contributed by atoms with Crippen LogP contribution in [0.5, 0.6) is 0 Å². The van der Waals surface area contributed by atoms with Crippen LogP contribution in [0.2, 0.25) is 0 Å². The van der Waals surface area contributed by atoms with Crippen molar-refractivity contribution in [1.29, 1.82) is 0 Å². The first-order chi connectivity index (χ1) is 5.81. The lowest BCUT2D eigenvalue weighted by Gasteiger charge is -1.99. The van der Waals surface area contributed by atoms with Gasteiger partial charge < -0.3 is 0 Å². The second-order valence-corrected chi connectivity index (χ2v) is 2.41. The minimum Gasteiger partial charge on any atom is -0.298 e. The van der Waals surface area contributed by atoms with Crippen LogP contribution < -0.4 is 0 Å². The Bertz CT molecular complexity index is 324. The molecule has 0 heterocycles. The Labute approximate surface area is 72.0 Å². The molecule has 0 aliphatic rings. The van der Waals surface area contributed by atoms with Crippen molar-refractivity contribution in [2.24, 2.45) is 0 Å². The molecule has 60 valence electrons. The fraction of sp³-hybridized carbons (Fsp3) is 0. The van der Waals surface area contributed by atoms with E-state index in [1.165, 1.54) is 0 Å². The van der Waals surface area contributed by atoms with Crippen LogP contribution in [0, 0.1) is 0 Å². The van der Waals surface area contributed by atoms with Gasteiger partial charge in [0.2, 0.25) is 0 Å². The number of benzene rings is 1. The summed E-state index contributed by atoms with van der Waals surface area (Å²) in [6.45, 7) is 7.26. The third kappa shape index (κ3) is 1.51. The molecule has 0 aromatic heterocycles. The van der Waals surface area contributed by atoms with Gasteiger partial charge in [0, 0.05) is 5.56 Å². The lowest BCUT2D eigenvalue weighted by atomic mass is 10.1. The number of hydrogen-bond acceptors (Lipinski definition) is 1. The van der Waals surface area contributed by atoms with Crippen molar-refractivity contribution in [1.82, 2.24) is 0 Å². The zero-order chi connectivity index (χ0) is 8.97. The maximum atomic E-state index is 10.5. The topological polar surface area (TPSA) is 17.1 Å². The molecule has 1 aromatic rings. The molecule has 0 spiro atoms. The van der Waals surface area contributed by atoms with E-state index in [1.54, 1.807) is 18.2 Å². The first-order valence-electron chi connectivity index (χ1n) is 3.66. The van der Waals surface area contributed by atoms with Crippen molar-refractivity contribution in [3.05, 3.63) is 48.0 Å².